The number of benzene rings is 1. The summed E-state index contributed by atoms with van der Waals surface area (Å²) in [5.41, 5.74) is 0.886. The van der Waals surface area contributed by atoms with Gasteiger partial charge < -0.3 is 19.5 Å². The van der Waals surface area contributed by atoms with Crippen LogP contribution in [-0.2, 0) is 9.59 Å². The third-order valence-electron chi connectivity index (χ3n) is 5.29. The van der Waals surface area contributed by atoms with Gasteiger partial charge in [0.15, 0.2) is 0 Å². The molecule has 2 aromatic rings. The summed E-state index contributed by atoms with van der Waals surface area (Å²) in [7, 11) is 2.90. The predicted octanol–water partition coefficient (Wildman–Crippen LogP) is 4.36. The van der Waals surface area contributed by atoms with Crippen molar-refractivity contribution >= 4 is 29.1 Å². The number of pyridine rings is 1. The average Bonchev–Trinajstić information content (AvgIpc) is 3.04. The van der Waals surface area contributed by atoms with E-state index in [1.54, 1.807) is 24.5 Å². The first-order chi connectivity index (χ1) is 14.9. The van der Waals surface area contributed by atoms with E-state index in [-0.39, 0.29) is 27.7 Å². The molecule has 0 saturated carbocycles. The van der Waals surface area contributed by atoms with Crippen LogP contribution in [0.5, 0.6) is 11.5 Å². The van der Waals surface area contributed by atoms with E-state index >= 15 is 0 Å². The molecule has 1 atom stereocenters. The van der Waals surface area contributed by atoms with Gasteiger partial charge in [-0.15, -0.1) is 0 Å². The molecule has 0 aliphatic carbocycles. The Kier molecular flexibility index (Phi) is 7.17. The number of aliphatic hydroxyl groups excluding tert-OH is 1. The second-order valence-electron chi connectivity index (χ2n) is 7.17. The first-order valence-corrected chi connectivity index (χ1v) is 10.4. The highest BCUT2D eigenvalue weighted by atomic mass is 35.5. The smallest absolute Gasteiger partial charge is 0.295 e. The third-order valence-corrected chi connectivity index (χ3v) is 5.59. The number of ether oxygens (including phenoxy) is 2. The van der Waals surface area contributed by atoms with E-state index < -0.39 is 17.7 Å². The van der Waals surface area contributed by atoms with Gasteiger partial charge in [0, 0.05) is 25.0 Å². The zero-order valence-electron chi connectivity index (χ0n) is 17.7. The monoisotopic (exact) mass is 444 g/mol. The fourth-order valence-corrected chi connectivity index (χ4v) is 3.97. The second-order valence-corrected chi connectivity index (χ2v) is 7.57. The van der Waals surface area contributed by atoms with Crippen molar-refractivity contribution in [1.82, 2.24) is 9.88 Å². The molecule has 1 unspecified atom stereocenters. The maximum absolute atomic E-state index is 13.0. The minimum atomic E-state index is -0.746. The largest absolute Gasteiger partial charge is 0.507 e. The van der Waals surface area contributed by atoms with Gasteiger partial charge in [0.2, 0.25) is 0 Å². The number of halogens is 1. The Balaban J connectivity index is 2.18. The quantitative estimate of drug-likeness (QED) is 0.281. The van der Waals surface area contributed by atoms with Crippen LogP contribution in [0.1, 0.15) is 43.4 Å². The van der Waals surface area contributed by atoms with Gasteiger partial charge in [0.1, 0.15) is 17.3 Å². The van der Waals surface area contributed by atoms with Crippen molar-refractivity contribution in [2.45, 2.75) is 32.2 Å². The number of likely N-dealkylation sites (tertiary alicyclic amines) is 1. The van der Waals surface area contributed by atoms with Crippen molar-refractivity contribution in [3.8, 4) is 11.5 Å². The standard InChI is InChI=1S/C23H25ClN2O5/c1-4-5-6-11-26-20(14-7-9-25-10-8-14)19(22(28)23(26)29)21(27)15-12-16(24)18(31-3)13-17(15)30-2/h7-10,12-13,20,27H,4-6,11H2,1-3H3/b21-19+. The number of rotatable bonds is 8. The van der Waals surface area contributed by atoms with Gasteiger partial charge in [0.25, 0.3) is 11.7 Å². The summed E-state index contributed by atoms with van der Waals surface area (Å²) in [4.78, 5) is 31.5. The Bertz CT molecular complexity index is 1010. The molecule has 0 spiro atoms. The molecule has 1 N–H and O–H groups in total. The molecule has 1 aliphatic rings. The van der Waals surface area contributed by atoms with Crippen molar-refractivity contribution in [3.05, 3.63) is 58.4 Å². The first kappa shape index (κ1) is 22.6. The SMILES string of the molecule is CCCCCN1C(=O)C(=O)/C(=C(/O)c2cc(Cl)c(OC)cc2OC)C1c1ccncc1. The normalized spacial score (nSPS) is 17.8. The van der Waals surface area contributed by atoms with Gasteiger partial charge in [0.05, 0.1) is 36.4 Å². The predicted molar refractivity (Wildman–Crippen MR) is 117 cm³/mol. The Morgan fingerprint density at radius 2 is 1.81 bits per heavy atom. The number of amides is 1. The molecule has 1 aliphatic heterocycles. The highest BCUT2D eigenvalue weighted by Crippen LogP contribution is 2.42. The molecular formula is C23H25ClN2O5. The van der Waals surface area contributed by atoms with Crippen molar-refractivity contribution < 1.29 is 24.2 Å². The molecule has 1 aromatic carbocycles. The number of hydrogen-bond acceptors (Lipinski definition) is 6. The number of carbonyl (C=O) groups is 2. The Hall–Kier alpha value is -3.06. The van der Waals surface area contributed by atoms with Crippen LogP contribution >= 0.6 is 11.6 Å². The lowest BCUT2D eigenvalue weighted by molar-refractivity contribution is -0.139. The van der Waals surface area contributed by atoms with Crippen LogP contribution in [0, 0.1) is 0 Å². The second kappa shape index (κ2) is 9.83. The molecular weight excluding hydrogens is 420 g/mol. The summed E-state index contributed by atoms with van der Waals surface area (Å²) in [6.45, 7) is 2.47. The minimum absolute atomic E-state index is 0.00719. The third kappa shape index (κ3) is 4.37. The van der Waals surface area contributed by atoms with Crippen LogP contribution in [0.4, 0.5) is 0 Å². The van der Waals surface area contributed by atoms with E-state index in [0.717, 1.165) is 19.3 Å². The number of methoxy groups -OCH3 is 2. The molecule has 0 bridgehead atoms. The molecule has 0 radical (unpaired) electrons. The minimum Gasteiger partial charge on any atom is -0.507 e. The topological polar surface area (TPSA) is 89.0 Å². The van der Waals surface area contributed by atoms with Crippen LogP contribution in [0.15, 0.2) is 42.2 Å². The lowest BCUT2D eigenvalue weighted by Gasteiger charge is -2.25. The van der Waals surface area contributed by atoms with Crippen LogP contribution in [0.3, 0.4) is 0 Å². The number of aliphatic hydroxyl groups is 1. The highest BCUT2D eigenvalue weighted by Gasteiger charge is 2.46. The molecule has 2 heterocycles. The number of aromatic nitrogens is 1. The number of nitrogens with zero attached hydrogens (tertiary/aromatic N) is 2. The molecule has 8 heteroatoms. The number of unbranched alkanes of at least 4 members (excludes halogenated alkanes) is 2. The van der Waals surface area contributed by atoms with Crippen LogP contribution in [0.2, 0.25) is 5.02 Å². The van der Waals surface area contributed by atoms with Crippen molar-refractivity contribution in [2.75, 3.05) is 20.8 Å². The summed E-state index contributed by atoms with van der Waals surface area (Å²) < 4.78 is 10.6. The molecule has 164 valence electrons. The van der Waals surface area contributed by atoms with E-state index in [1.165, 1.54) is 31.3 Å². The van der Waals surface area contributed by atoms with Gasteiger partial charge in [-0.05, 0) is 30.2 Å². The lowest BCUT2D eigenvalue weighted by atomic mass is 9.95. The number of hydrogen-bond donors (Lipinski definition) is 1. The maximum Gasteiger partial charge on any atom is 0.295 e. The zero-order chi connectivity index (χ0) is 22.5. The van der Waals surface area contributed by atoms with Gasteiger partial charge in [-0.2, -0.15) is 0 Å². The van der Waals surface area contributed by atoms with Crippen LogP contribution in [0.25, 0.3) is 5.76 Å². The number of ketones is 1. The van der Waals surface area contributed by atoms with Crippen LogP contribution in [-0.4, -0.2) is 47.4 Å². The van der Waals surface area contributed by atoms with Gasteiger partial charge in [-0.25, -0.2) is 0 Å². The lowest BCUT2D eigenvalue weighted by Crippen LogP contribution is -2.30. The van der Waals surface area contributed by atoms with E-state index in [1.807, 2.05) is 0 Å². The van der Waals surface area contributed by atoms with E-state index in [2.05, 4.69) is 11.9 Å². The fourth-order valence-electron chi connectivity index (χ4n) is 3.73. The molecule has 31 heavy (non-hydrogen) atoms. The average molecular weight is 445 g/mol. The summed E-state index contributed by atoms with van der Waals surface area (Å²) in [5.74, 6) is -1.10. The Morgan fingerprint density at radius 1 is 1.13 bits per heavy atom. The number of Topliss-reactive ketones (excluding diaryl/α,β-unsaturated/α-hetero) is 1. The molecule has 1 amide bonds. The van der Waals surface area contributed by atoms with Crippen molar-refractivity contribution in [3.63, 3.8) is 0 Å². The van der Waals surface area contributed by atoms with E-state index in [9.17, 15) is 14.7 Å². The summed E-state index contributed by atoms with van der Waals surface area (Å²) in [6.07, 6.45) is 5.83. The summed E-state index contributed by atoms with van der Waals surface area (Å²) in [6, 6.07) is 5.72. The first-order valence-electron chi connectivity index (χ1n) is 10.0. The van der Waals surface area contributed by atoms with Crippen molar-refractivity contribution in [1.29, 1.82) is 0 Å². The number of carbonyl (C=O) groups excluding carboxylic acids is 2. The van der Waals surface area contributed by atoms with Gasteiger partial charge in [-0.1, -0.05) is 31.4 Å². The molecule has 1 fully saturated rings. The van der Waals surface area contributed by atoms with Crippen LogP contribution < -0.4 is 9.47 Å². The van der Waals surface area contributed by atoms with E-state index in [0.29, 0.717) is 17.9 Å². The fraction of sp³-hybridized carbons (Fsp3) is 0.348. The van der Waals surface area contributed by atoms with Gasteiger partial charge >= 0.3 is 0 Å². The zero-order valence-corrected chi connectivity index (χ0v) is 18.5. The molecule has 3 rings (SSSR count). The van der Waals surface area contributed by atoms with Crippen molar-refractivity contribution in [2.24, 2.45) is 0 Å². The maximum atomic E-state index is 13.0. The van der Waals surface area contributed by atoms with Gasteiger partial charge in [-0.3, -0.25) is 14.6 Å². The molecule has 1 aromatic heterocycles. The van der Waals surface area contributed by atoms with E-state index in [4.69, 9.17) is 21.1 Å². The summed E-state index contributed by atoms with van der Waals surface area (Å²) in [5, 5.41) is 11.5. The molecule has 1 saturated heterocycles. The Labute approximate surface area is 186 Å². The molecule has 7 nitrogen and oxygen atoms in total. The highest BCUT2D eigenvalue weighted by molar-refractivity contribution is 6.46. The Morgan fingerprint density at radius 3 is 2.42 bits per heavy atom. The summed E-state index contributed by atoms with van der Waals surface area (Å²) >= 11 is 6.26.